The van der Waals surface area contributed by atoms with Crippen LogP contribution in [0.1, 0.15) is 16.7 Å². The average molecular weight is 398 g/mol. The fraction of sp³-hybridized carbons (Fsp3) is 0.118. The second-order valence-electron chi connectivity index (χ2n) is 5.28. The lowest BCUT2D eigenvalue weighted by Gasteiger charge is -2.14. The maximum absolute atomic E-state index is 13.1. The molecule has 6 nitrogen and oxygen atoms in total. The number of ether oxygens (including phenoxy) is 1. The van der Waals surface area contributed by atoms with E-state index in [-0.39, 0.29) is 27.6 Å². The molecule has 0 aliphatic carbocycles. The number of alkyl halides is 3. The van der Waals surface area contributed by atoms with Crippen molar-refractivity contribution in [2.75, 3.05) is 0 Å². The van der Waals surface area contributed by atoms with Gasteiger partial charge in [0.05, 0.1) is 5.56 Å². The quantitative estimate of drug-likeness (QED) is 0.282. The molecule has 0 spiro atoms. The smallest absolute Gasteiger partial charge is 0.416 e. The molecule has 2 aromatic carbocycles. The normalized spacial score (nSPS) is 11.7. The number of rotatable bonds is 5. The van der Waals surface area contributed by atoms with Crippen LogP contribution >= 0.6 is 11.6 Å². The molecule has 1 N–H and O–H groups in total. The number of hydrogen-bond acceptors (Lipinski definition) is 3. The highest BCUT2D eigenvalue weighted by Gasteiger charge is 2.32. The Morgan fingerprint density at radius 3 is 2.59 bits per heavy atom. The first-order valence-corrected chi connectivity index (χ1v) is 7.65. The van der Waals surface area contributed by atoms with E-state index < -0.39 is 23.4 Å². The van der Waals surface area contributed by atoms with Crippen LogP contribution in [0.2, 0.25) is 5.02 Å². The van der Waals surface area contributed by atoms with Gasteiger partial charge in [-0.2, -0.15) is 13.2 Å². The lowest BCUT2D eigenvalue weighted by Crippen LogP contribution is -2.07. The van der Waals surface area contributed by atoms with Crippen molar-refractivity contribution in [2.24, 2.45) is 5.11 Å². The predicted molar refractivity (Wildman–Crippen MR) is 92.5 cm³/mol. The summed E-state index contributed by atoms with van der Waals surface area (Å²) >= 11 is 5.89. The van der Waals surface area contributed by atoms with E-state index >= 15 is 0 Å². The first-order valence-electron chi connectivity index (χ1n) is 7.27. The Balaban J connectivity index is 2.51. The number of carboxylic acids is 1. The summed E-state index contributed by atoms with van der Waals surface area (Å²) in [5.74, 6) is -1.61. The minimum atomic E-state index is -4.56. The zero-order valence-electron chi connectivity index (χ0n) is 13.7. The van der Waals surface area contributed by atoms with E-state index in [0.29, 0.717) is 0 Å². The number of halogens is 4. The Labute approximate surface area is 156 Å². The molecule has 0 radical (unpaired) electrons. The second kappa shape index (κ2) is 8.03. The zero-order chi connectivity index (χ0) is 20.2. The van der Waals surface area contributed by atoms with Gasteiger partial charge in [0.25, 0.3) is 0 Å². The molecule has 0 aliphatic rings. The second-order valence-corrected chi connectivity index (χ2v) is 5.72. The molecule has 140 valence electrons. The standard InChI is InChI=1S/C17H11ClF3N3O3/c1-9-2-5-12(8-13(9)17(19,20)21)27-15-7-11(18)4-3-10(15)6-14(16(25)26)23-24-22/h2-8H,1H3,(H,25,26). The summed E-state index contributed by atoms with van der Waals surface area (Å²) in [4.78, 5) is 13.5. The van der Waals surface area contributed by atoms with Crippen molar-refractivity contribution >= 4 is 23.6 Å². The van der Waals surface area contributed by atoms with E-state index in [1.54, 1.807) is 0 Å². The molecule has 0 amide bonds. The Morgan fingerprint density at radius 1 is 1.30 bits per heavy atom. The molecule has 0 heterocycles. The zero-order valence-corrected chi connectivity index (χ0v) is 14.4. The van der Waals surface area contributed by atoms with Gasteiger partial charge in [-0.05, 0) is 48.4 Å². The molecule has 10 heteroatoms. The number of carboxylic acid groups (broad SMARTS) is 1. The third-order valence-electron chi connectivity index (χ3n) is 3.38. The molecule has 0 bridgehead atoms. The van der Waals surface area contributed by atoms with Crippen LogP contribution in [0.15, 0.2) is 47.2 Å². The molecular weight excluding hydrogens is 387 g/mol. The van der Waals surface area contributed by atoms with Gasteiger partial charge >= 0.3 is 12.1 Å². The molecule has 0 saturated carbocycles. The summed E-state index contributed by atoms with van der Waals surface area (Å²) in [6, 6.07) is 7.52. The number of aryl methyl sites for hydroxylation is 1. The molecule has 2 rings (SSSR count). The van der Waals surface area contributed by atoms with Crippen molar-refractivity contribution < 1.29 is 27.8 Å². The van der Waals surface area contributed by atoms with Crippen LogP contribution in [0.5, 0.6) is 11.5 Å². The summed E-state index contributed by atoms with van der Waals surface area (Å²) < 4.78 is 44.7. The molecule has 0 unspecified atom stereocenters. The van der Waals surface area contributed by atoms with Gasteiger partial charge in [0, 0.05) is 21.6 Å². The number of carbonyl (C=O) groups is 1. The van der Waals surface area contributed by atoms with Crippen molar-refractivity contribution in [2.45, 2.75) is 13.1 Å². The first-order chi connectivity index (χ1) is 12.6. The molecule has 0 aromatic heterocycles. The molecule has 0 atom stereocenters. The van der Waals surface area contributed by atoms with Gasteiger partial charge in [-0.15, -0.1) is 0 Å². The molecule has 0 aliphatic heterocycles. The van der Waals surface area contributed by atoms with Crippen LogP contribution in [0.3, 0.4) is 0 Å². The van der Waals surface area contributed by atoms with Crippen molar-refractivity contribution in [1.29, 1.82) is 0 Å². The summed E-state index contributed by atoms with van der Waals surface area (Å²) in [7, 11) is 0. The average Bonchev–Trinajstić information content (AvgIpc) is 2.57. The van der Waals surface area contributed by atoms with Gasteiger partial charge in [0.15, 0.2) is 0 Å². The van der Waals surface area contributed by atoms with Gasteiger partial charge in [-0.3, -0.25) is 0 Å². The lowest BCUT2D eigenvalue weighted by atomic mass is 10.1. The lowest BCUT2D eigenvalue weighted by molar-refractivity contribution is -0.138. The number of azide groups is 1. The van der Waals surface area contributed by atoms with Crippen LogP contribution in [0.25, 0.3) is 16.5 Å². The summed E-state index contributed by atoms with van der Waals surface area (Å²) in [6.07, 6.45) is -3.54. The Kier molecular flexibility index (Phi) is 5.99. The molecule has 0 fully saturated rings. The highest BCUT2D eigenvalue weighted by molar-refractivity contribution is 6.30. The Bertz CT molecular complexity index is 964. The largest absolute Gasteiger partial charge is 0.478 e. The highest BCUT2D eigenvalue weighted by atomic mass is 35.5. The predicted octanol–water partition coefficient (Wildman–Crippen LogP) is 6.20. The third-order valence-corrected chi connectivity index (χ3v) is 3.62. The maximum atomic E-state index is 13.1. The van der Waals surface area contributed by atoms with E-state index in [1.807, 2.05) is 0 Å². The fourth-order valence-corrected chi connectivity index (χ4v) is 2.30. The van der Waals surface area contributed by atoms with Crippen LogP contribution in [-0.4, -0.2) is 11.1 Å². The van der Waals surface area contributed by atoms with Crippen LogP contribution in [0, 0.1) is 6.92 Å². The Morgan fingerprint density at radius 2 is 2.00 bits per heavy atom. The van der Waals surface area contributed by atoms with Crippen molar-refractivity contribution in [1.82, 2.24) is 0 Å². The van der Waals surface area contributed by atoms with Crippen LogP contribution in [0.4, 0.5) is 13.2 Å². The van der Waals surface area contributed by atoms with Crippen molar-refractivity contribution in [3.05, 3.63) is 74.3 Å². The topological polar surface area (TPSA) is 95.3 Å². The number of benzene rings is 2. The van der Waals surface area contributed by atoms with E-state index in [1.165, 1.54) is 37.3 Å². The number of nitrogens with zero attached hydrogens (tertiary/aromatic N) is 3. The fourth-order valence-electron chi connectivity index (χ4n) is 2.14. The highest BCUT2D eigenvalue weighted by Crippen LogP contribution is 2.36. The van der Waals surface area contributed by atoms with E-state index in [0.717, 1.165) is 12.1 Å². The minimum Gasteiger partial charge on any atom is -0.478 e. The van der Waals surface area contributed by atoms with Crippen molar-refractivity contribution in [3.8, 4) is 11.5 Å². The monoisotopic (exact) mass is 397 g/mol. The van der Waals surface area contributed by atoms with E-state index in [9.17, 15) is 18.0 Å². The number of hydrogen-bond donors (Lipinski definition) is 1. The number of aliphatic carboxylic acids is 1. The van der Waals surface area contributed by atoms with Crippen LogP contribution < -0.4 is 4.74 Å². The summed E-state index contributed by atoms with van der Waals surface area (Å²) in [5.41, 5.74) is 7.13. The first kappa shape index (κ1) is 20.2. The molecule has 2 aromatic rings. The van der Waals surface area contributed by atoms with E-state index in [4.69, 9.17) is 27.0 Å². The van der Waals surface area contributed by atoms with Gasteiger partial charge in [-0.25, -0.2) is 4.79 Å². The van der Waals surface area contributed by atoms with E-state index in [2.05, 4.69) is 10.0 Å². The SMILES string of the molecule is Cc1ccc(Oc2cc(Cl)ccc2C=C(N=[N+]=[N-])C(=O)O)cc1C(F)(F)F. The maximum Gasteiger partial charge on any atom is 0.416 e. The Hall–Kier alpha value is -3.16. The third kappa shape index (κ3) is 5.16. The molecule has 0 saturated heterocycles. The van der Waals surface area contributed by atoms with Gasteiger partial charge in [0.2, 0.25) is 0 Å². The van der Waals surface area contributed by atoms with Gasteiger partial charge < -0.3 is 9.84 Å². The van der Waals surface area contributed by atoms with Crippen LogP contribution in [-0.2, 0) is 11.0 Å². The minimum absolute atomic E-state index is 0.00799. The van der Waals surface area contributed by atoms with Gasteiger partial charge in [0.1, 0.15) is 17.2 Å². The summed E-state index contributed by atoms with van der Waals surface area (Å²) in [5, 5.41) is 12.3. The van der Waals surface area contributed by atoms with Gasteiger partial charge in [-0.1, -0.05) is 22.8 Å². The molecular formula is C17H11ClF3N3O3. The van der Waals surface area contributed by atoms with Crippen molar-refractivity contribution in [3.63, 3.8) is 0 Å². The summed E-state index contributed by atoms with van der Waals surface area (Å²) in [6.45, 7) is 1.32. The molecule has 27 heavy (non-hydrogen) atoms.